The molecule has 1 fully saturated rings. The van der Waals surface area contributed by atoms with Crippen LogP contribution in [0.2, 0.25) is 0 Å². The largest absolute Gasteiger partial charge is 0.496 e. The smallest absolute Gasteiger partial charge is 0.282 e. The summed E-state index contributed by atoms with van der Waals surface area (Å²) in [7, 11) is 1.42. The average molecular weight is 269 g/mol. The predicted molar refractivity (Wildman–Crippen MR) is 66.7 cm³/mol. The molecule has 0 saturated carbocycles. The van der Waals surface area contributed by atoms with Gasteiger partial charge in [-0.2, -0.15) is 0 Å². The van der Waals surface area contributed by atoms with Crippen molar-refractivity contribution in [2.24, 2.45) is 0 Å². The van der Waals surface area contributed by atoms with Gasteiger partial charge >= 0.3 is 0 Å². The highest BCUT2D eigenvalue weighted by Gasteiger charge is 2.25. The van der Waals surface area contributed by atoms with Gasteiger partial charge in [0.05, 0.1) is 19.2 Å². The molecule has 1 saturated heterocycles. The van der Waals surface area contributed by atoms with Crippen LogP contribution in [-0.2, 0) is 0 Å². The van der Waals surface area contributed by atoms with Crippen LogP contribution >= 0.6 is 11.8 Å². The molecular formula is C12H12FNO3S. The minimum absolute atomic E-state index is 0.0361. The average Bonchev–Trinajstić information content (AvgIpc) is 2.75. The van der Waals surface area contributed by atoms with Crippen molar-refractivity contribution in [3.63, 3.8) is 0 Å². The van der Waals surface area contributed by atoms with Gasteiger partial charge in [-0.05, 0) is 18.2 Å². The van der Waals surface area contributed by atoms with Crippen LogP contribution in [0.15, 0.2) is 18.2 Å². The summed E-state index contributed by atoms with van der Waals surface area (Å²) >= 11 is 1.19. The minimum Gasteiger partial charge on any atom is -0.496 e. The second-order valence-electron chi connectivity index (χ2n) is 3.80. The highest BCUT2D eigenvalue weighted by Crippen LogP contribution is 2.22. The molecule has 0 aliphatic carbocycles. The van der Waals surface area contributed by atoms with Gasteiger partial charge in [0, 0.05) is 12.3 Å². The number of nitrogens with zero attached hydrogens (tertiary/aromatic N) is 1. The molecule has 18 heavy (non-hydrogen) atoms. The molecule has 0 aromatic heterocycles. The van der Waals surface area contributed by atoms with E-state index in [4.69, 9.17) is 4.74 Å². The van der Waals surface area contributed by atoms with Gasteiger partial charge in [-0.1, -0.05) is 11.8 Å². The number of ether oxygens (including phenoxy) is 1. The topological polar surface area (TPSA) is 46.6 Å². The molecule has 0 unspecified atom stereocenters. The number of methoxy groups -OCH3 is 1. The lowest BCUT2D eigenvalue weighted by molar-refractivity contribution is 0.0952. The Balaban J connectivity index is 2.17. The number of hydrogen-bond donors (Lipinski definition) is 0. The molecule has 1 aliphatic rings. The number of amides is 1. The highest BCUT2D eigenvalue weighted by molar-refractivity contribution is 8.13. The Labute approximate surface area is 108 Å². The van der Waals surface area contributed by atoms with Crippen LogP contribution in [-0.4, -0.2) is 41.9 Å². The normalized spacial score (nSPS) is 15.0. The SMILES string of the molecule is COc1ccc(F)cc1C(=O)CN1CCSC1=O. The van der Waals surface area contributed by atoms with E-state index in [1.165, 1.54) is 35.9 Å². The van der Waals surface area contributed by atoms with Crippen molar-refractivity contribution >= 4 is 22.8 Å². The van der Waals surface area contributed by atoms with Gasteiger partial charge in [0.2, 0.25) is 0 Å². The highest BCUT2D eigenvalue weighted by atomic mass is 32.2. The van der Waals surface area contributed by atoms with Gasteiger partial charge in [0.25, 0.3) is 5.24 Å². The third kappa shape index (κ3) is 2.64. The molecule has 1 aliphatic heterocycles. The maximum atomic E-state index is 13.1. The molecule has 1 aromatic rings. The molecule has 4 nitrogen and oxygen atoms in total. The molecule has 0 bridgehead atoms. The summed E-state index contributed by atoms with van der Waals surface area (Å²) in [6.07, 6.45) is 0. The van der Waals surface area contributed by atoms with Crippen LogP contribution in [0.4, 0.5) is 9.18 Å². The Kier molecular flexibility index (Phi) is 3.86. The van der Waals surface area contributed by atoms with Crippen molar-refractivity contribution < 1.29 is 18.7 Å². The number of Topliss-reactive ketones (excluding diaryl/α,β-unsaturated/α-hetero) is 1. The summed E-state index contributed by atoms with van der Waals surface area (Å²) in [5.41, 5.74) is 0.169. The van der Waals surface area contributed by atoms with E-state index in [2.05, 4.69) is 0 Å². The molecule has 1 aromatic carbocycles. The van der Waals surface area contributed by atoms with E-state index in [0.717, 1.165) is 6.07 Å². The van der Waals surface area contributed by atoms with Crippen LogP contribution in [0.1, 0.15) is 10.4 Å². The number of benzene rings is 1. The summed E-state index contributed by atoms with van der Waals surface area (Å²) in [5, 5.41) is -0.112. The lowest BCUT2D eigenvalue weighted by Gasteiger charge is -2.14. The summed E-state index contributed by atoms with van der Waals surface area (Å²) in [6.45, 7) is 0.512. The van der Waals surface area contributed by atoms with Crippen LogP contribution in [0, 0.1) is 5.82 Å². The molecule has 0 radical (unpaired) electrons. The van der Waals surface area contributed by atoms with E-state index in [1.807, 2.05) is 0 Å². The van der Waals surface area contributed by atoms with Gasteiger partial charge in [-0.25, -0.2) is 4.39 Å². The second kappa shape index (κ2) is 5.39. The Morgan fingerprint density at radius 2 is 2.33 bits per heavy atom. The first-order valence-corrected chi connectivity index (χ1v) is 6.39. The van der Waals surface area contributed by atoms with Crippen LogP contribution < -0.4 is 4.74 Å². The summed E-state index contributed by atoms with van der Waals surface area (Å²) in [6, 6.07) is 3.77. The standard InChI is InChI=1S/C12H12FNO3S/c1-17-11-3-2-8(13)6-9(11)10(15)7-14-4-5-18-12(14)16/h2-3,6H,4-5,7H2,1H3. The monoisotopic (exact) mass is 269 g/mol. The van der Waals surface area contributed by atoms with Crippen molar-refractivity contribution in [2.45, 2.75) is 0 Å². The van der Waals surface area contributed by atoms with Crippen LogP contribution in [0.3, 0.4) is 0 Å². The number of rotatable bonds is 4. The van der Waals surface area contributed by atoms with E-state index < -0.39 is 5.82 Å². The number of hydrogen-bond acceptors (Lipinski definition) is 4. The van der Waals surface area contributed by atoms with Gasteiger partial charge in [0.1, 0.15) is 11.6 Å². The van der Waals surface area contributed by atoms with Crippen molar-refractivity contribution in [1.29, 1.82) is 0 Å². The van der Waals surface area contributed by atoms with E-state index in [9.17, 15) is 14.0 Å². The Morgan fingerprint density at radius 3 is 2.94 bits per heavy atom. The van der Waals surface area contributed by atoms with Gasteiger partial charge < -0.3 is 9.64 Å². The van der Waals surface area contributed by atoms with E-state index >= 15 is 0 Å². The van der Waals surface area contributed by atoms with E-state index in [1.54, 1.807) is 0 Å². The summed E-state index contributed by atoms with van der Waals surface area (Å²) < 4.78 is 18.2. The fourth-order valence-electron chi connectivity index (χ4n) is 1.73. The lowest BCUT2D eigenvalue weighted by atomic mass is 10.1. The van der Waals surface area contributed by atoms with E-state index in [0.29, 0.717) is 18.0 Å². The third-order valence-corrected chi connectivity index (χ3v) is 3.53. The lowest BCUT2D eigenvalue weighted by Crippen LogP contribution is -2.30. The number of carbonyl (C=O) groups excluding carboxylic acids is 2. The zero-order valence-corrected chi connectivity index (χ0v) is 10.6. The van der Waals surface area contributed by atoms with Crippen molar-refractivity contribution in [1.82, 2.24) is 4.90 Å². The van der Waals surface area contributed by atoms with Crippen molar-refractivity contribution in [3.05, 3.63) is 29.6 Å². The van der Waals surface area contributed by atoms with Gasteiger partial charge in [-0.15, -0.1) is 0 Å². The molecule has 0 spiro atoms. The zero-order chi connectivity index (χ0) is 13.1. The molecule has 0 atom stereocenters. The first kappa shape index (κ1) is 12.9. The second-order valence-corrected chi connectivity index (χ2v) is 4.85. The maximum absolute atomic E-state index is 13.1. The number of halogens is 1. The van der Waals surface area contributed by atoms with Crippen molar-refractivity contribution in [3.8, 4) is 5.75 Å². The van der Waals surface area contributed by atoms with Gasteiger partial charge in [0.15, 0.2) is 5.78 Å². The molecule has 0 N–H and O–H groups in total. The molecule has 1 heterocycles. The van der Waals surface area contributed by atoms with Gasteiger partial charge in [-0.3, -0.25) is 9.59 Å². The maximum Gasteiger partial charge on any atom is 0.282 e. The fourth-order valence-corrected chi connectivity index (χ4v) is 2.55. The van der Waals surface area contributed by atoms with Crippen LogP contribution in [0.5, 0.6) is 5.75 Å². The summed E-state index contributed by atoms with van der Waals surface area (Å²) in [4.78, 5) is 24.9. The predicted octanol–water partition coefficient (Wildman–Crippen LogP) is 2.19. The molecule has 2 rings (SSSR count). The van der Waals surface area contributed by atoms with Crippen molar-refractivity contribution in [2.75, 3.05) is 26.0 Å². The third-order valence-electron chi connectivity index (χ3n) is 2.64. The first-order chi connectivity index (χ1) is 8.61. The number of carbonyl (C=O) groups is 2. The first-order valence-electron chi connectivity index (χ1n) is 5.40. The molecule has 1 amide bonds. The Bertz CT molecular complexity index is 492. The Morgan fingerprint density at radius 1 is 1.56 bits per heavy atom. The fraction of sp³-hybridized carbons (Fsp3) is 0.333. The zero-order valence-electron chi connectivity index (χ0n) is 9.81. The molecule has 6 heteroatoms. The number of ketones is 1. The summed E-state index contributed by atoms with van der Waals surface area (Å²) in [5.74, 6) is 0.191. The minimum atomic E-state index is -0.499. The quantitative estimate of drug-likeness (QED) is 0.786. The van der Waals surface area contributed by atoms with E-state index in [-0.39, 0.29) is 23.1 Å². The molecular weight excluding hydrogens is 257 g/mol. The molecule has 96 valence electrons. The van der Waals surface area contributed by atoms with Crippen LogP contribution in [0.25, 0.3) is 0 Å². The number of thioether (sulfide) groups is 1. The Hall–Kier alpha value is -1.56.